The summed E-state index contributed by atoms with van der Waals surface area (Å²) in [5, 5.41) is 10.8. The smallest absolute Gasteiger partial charge is 0.303 e. The van der Waals surface area contributed by atoms with Crippen LogP contribution < -0.4 is 21.3 Å². The Morgan fingerprint density at radius 2 is 0.900 bits per heavy atom. The number of amides is 11. The quantitative estimate of drug-likeness (QED) is 0.119. The summed E-state index contributed by atoms with van der Waals surface area (Å²) in [6.45, 7) is 26.9. The van der Waals surface area contributed by atoms with E-state index >= 15 is 19.2 Å². The second kappa shape index (κ2) is 36.0. The van der Waals surface area contributed by atoms with Crippen LogP contribution in [-0.4, -0.2) is 249 Å². The minimum Gasteiger partial charge on any atom is -0.459 e. The molecule has 0 aliphatic carbocycles. The van der Waals surface area contributed by atoms with E-state index < -0.39 is 178 Å². The minimum absolute atomic E-state index is 0.0659. The second-order valence-corrected chi connectivity index (χ2v) is 28.5. The van der Waals surface area contributed by atoms with Crippen molar-refractivity contribution < 1.29 is 74.9 Å². The fraction of sp³-hybridized carbons (Fsp3) is 0.806. The van der Waals surface area contributed by atoms with Gasteiger partial charge in [-0.05, 0) is 81.5 Å². The summed E-state index contributed by atoms with van der Waals surface area (Å²) in [5.41, 5.74) is 0. The lowest BCUT2D eigenvalue weighted by Gasteiger charge is -2.42. The Bertz CT molecular complexity index is 2630. The Morgan fingerprint density at radius 1 is 0.489 bits per heavy atom. The highest BCUT2D eigenvalue weighted by Gasteiger charge is 2.47. The number of ether oxygens (including phenoxy) is 1. The maximum atomic E-state index is 15.4. The van der Waals surface area contributed by atoms with Crippen LogP contribution in [0.25, 0.3) is 0 Å². The topological polar surface area (TPSA) is 328 Å². The Hall–Kier alpha value is -6.45. The van der Waals surface area contributed by atoms with E-state index in [1.165, 1.54) is 84.8 Å². The summed E-state index contributed by atoms with van der Waals surface area (Å²) in [5.74, 6) is -12.5. The summed E-state index contributed by atoms with van der Waals surface area (Å²) >= 11 is 0. The van der Waals surface area contributed by atoms with E-state index in [-0.39, 0.29) is 55.8 Å². The van der Waals surface area contributed by atoms with E-state index in [0.717, 1.165) is 32.8 Å². The largest absolute Gasteiger partial charge is 0.459 e. The van der Waals surface area contributed by atoms with E-state index in [2.05, 4.69) is 21.3 Å². The van der Waals surface area contributed by atoms with Gasteiger partial charge in [0, 0.05) is 62.2 Å². The molecule has 0 aromatic heterocycles. The van der Waals surface area contributed by atoms with Crippen molar-refractivity contribution in [2.75, 3.05) is 68.7 Å². The normalized spacial score (nSPS) is 26.1. The molecule has 0 aromatic rings. The standard InChI is InChI=1S/C62H111N11O16S/c1-26-43-58(81)67(18)31-48(75)68(19)44(27-33(2)3)55(78)66-49(37(10)11)61(84)69(20)45(28-34(4)5)54(77)63-40(15)53(76)64-41(16)57(80)70(21)46(29-35(6)7)59(82)71(22)47(30-36(8)9)60(83)72(23)50(38(12)13)62(85)73(24)51(56(79)65-43)52(89-42(17)74)39(14)32-88-90(25,86)87/h33-41,43-47,49-52H,26-32H2,1-25H3,(H,63,77)(H,64,76)(H,65,79)(H,66,78)/t39-,40+,41-,43+,44+,45+,46+,47+,49+,50+,51?,52-/m1/s1. The molecule has 11 amide bonds. The van der Waals surface area contributed by atoms with Crippen molar-refractivity contribution in [3.8, 4) is 0 Å². The Morgan fingerprint density at radius 3 is 1.33 bits per heavy atom. The van der Waals surface area contributed by atoms with Crippen LogP contribution in [0, 0.1) is 41.4 Å². The molecule has 1 aliphatic heterocycles. The van der Waals surface area contributed by atoms with Crippen molar-refractivity contribution in [3.05, 3.63) is 0 Å². The number of nitrogens with zero attached hydrogens (tertiary/aromatic N) is 7. The molecular formula is C62H111N11O16S. The van der Waals surface area contributed by atoms with Gasteiger partial charge >= 0.3 is 5.97 Å². The first-order chi connectivity index (χ1) is 41.2. The first-order valence-corrected chi connectivity index (χ1v) is 33.1. The van der Waals surface area contributed by atoms with Gasteiger partial charge in [-0.2, -0.15) is 8.42 Å². The van der Waals surface area contributed by atoms with Crippen LogP contribution in [0.1, 0.15) is 150 Å². The molecule has 27 nitrogen and oxygen atoms in total. The van der Waals surface area contributed by atoms with Gasteiger partial charge in [0.1, 0.15) is 66.5 Å². The molecule has 1 fully saturated rings. The highest BCUT2D eigenvalue weighted by molar-refractivity contribution is 7.86. The molecule has 0 bridgehead atoms. The van der Waals surface area contributed by atoms with Crippen LogP contribution in [0.3, 0.4) is 0 Å². The van der Waals surface area contributed by atoms with Gasteiger partial charge in [0.2, 0.25) is 65.0 Å². The fourth-order valence-electron chi connectivity index (χ4n) is 10.9. The molecule has 516 valence electrons. The average Bonchev–Trinajstić information content (AvgIpc) is 1.58. The Labute approximate surface area is 536 Å². The summed E-state index contributed by atoms with van der Waals surface area (Å²) < 4.78 is 35.5. The lowest BCUT2D eigenvalue weighted by molar-refractivity contribution is -0.164. The fourth-order valence-corrected chi connectivity index (χ4v) is 11.3. The van der Waals surface area contributed by atoms with Crippen LogP contribution in [0.15, 0.2) is 0 Å². The van der Waals surface area contributed by atoms with E-state index in [9.17, 15) is 46.8 Å². The number of hydrogen-bond donors (Lipinski definition) is 4. The Kier molecular flexibility index (Phi) is 32.6. The van der Waals surface area contributed by atoms with Crippen LogP contribution in [0.4, 0.5) is 0 Å². The van der Waals surface area contributed by atoms with Crippen LogP contribution >= 0.6 is 0 Å². The van der Waals surface area contributed by atoms with Crippen LogP contribution in [0.5, 0.6) is 0 Å². The third-order valence-electron chi connectivity index (χ3n) is 16.1. The highest BCUT2D eigenvalue weighted by atomic mass is 32.2. The maximum Gasteiger partial charge on any atom is 0.303 e. The lowest BCUT2D eigenvalue weighted by atomic mass is 9.93. The third-order valence-corrected chi connectivity index (χ3v) is 16.7. The van der Waals surface area contributed by atoms with E-state index in [1.807, 2.05) is 55.4 Å². The van der Waals surface area contributed by atoms with Gasteiger partial charge in [-0.3, -0.25) is 61.7 Å². The number of rotatable bonds is 17. The molecule has 0 spiro atoms. The predicted molar refractivity (Wildman–Crippen MR) is 339 cm³/mol. The van der Waals surface area contributed by atoms with Crippen molar-refractivity contribution in [2.24, 2.45) is 41.4 Å². The summed E-state index contributed by atoms with van der Waals surface area (Å²) in [6, 6.07) is -13.3. The first-order valence-electron chi connectivity index (χ1n) is 31.3. The summed E-state index contributed by atoms with van der Waals surface area (Å²) in [4.78, 5) is 182. The average molecular weight is 1300 g/mol. The molecule has 1 rings (SSSR count). The molecule has 1 saturated heterocycles. The van der Waals surface area contributed by atoms with Gasteiger partial charge in [-0.15, -0.1) is 0 Å². The molecule has 1 unspecified atom stereocenters. The first kappa shape index (κ1) is 81.6. The predicted octanol–water partition coefficient (Wildman–Crippen LogP) is 1.85. The monoisotopic (exact) mass is 1300 g/mol. The molecule has 4 N–H and O–H groups in total. The van der Waals surface area contributed by atoms with E-state index in [1.54, 1.807) is 34.6 Å². The van der Waals surface area contributed by atoms with Gasteiger partial charge in [0.05, 0.1) is 19.4 Å². The van der Waals surface area contributed by atoms with Gasteiger partial charge in [-0.25, -0.2) is 0 Å². The van der Waals surface area contributed by atoms with E-state index in [0.29, 0.717) is 0 Å². The number of carbonyl (C=O) groups excluding carboxylic acids is 12. The lowest BCUT2D eigenvalue weighted by Crippen LogP contribution is -2.64. The molecule has 28 heteroatoms. The van der Waals surface area contributed by atoms with Crippen molar-refractivity contribution in [2.45, 2.75) is 216 Å². The molecule has 0 radical (unpaired) electrons. The molecule has 90 heavy (non-hydrogen) atoms. The third kappa shape index (κ3) is 23.7. The van der Waals surface area contributed by atoms with E-state index in [4.69, 9.17) is 8.92 Å². The number of hydrogen-bond acceptors (Lipinski definition) is 16. The zero-order valence-electron chi connectivity index (χ0n) is 58.4. The Balaban J connectivity index is 4.47. The van der Waals surface area contributed by atoms with Gasteiger partial charge in [0.15, 0.2) is 0 Å². The maximum absolute atomic E-state index is 15.4. The highest BCUT2D eigenvalue weighted by Crippen LogP contribution is 2.26. The van der Waals surface area contributed by atoms with Crippen molar-refractivity contribution in [3.63, 3.8) is 0 Å². The zero-order chi connectivity index (χ0) is 70.1. The molecule has 0 saturated carbocycles. The number of esters is 1. The van der Waals surface area contributed by atoms with Crippen molar-refractivity contribution in [1.82, 2.24) is 55.6 Å². The SMILES string of the molecule is CC[C@@H]1NC(=O)C([C@H](OC(C)=O)[C@H](C)COS(C)(=O)=O)N(C)C(=O)[C@H](C(C)C)N(C)C(=O)[C@H](CC(C)C)N(C)C(=O)[C@H](CC(C)C)N(C)C(=O)[C@@H](C)NC(=O)[C@H](C)NC(=O)[C@H](CC(C)C)N(C)C(=O)[C@H](C(C)C)NC(=O)[C@H](CC(C)C)N(C)C(=O)CN(C)C1=O. The van der Waals surface area contributed by atoms with Crippen molar-refractivity contribution in [1.29, 1.82) is 0 Å². The molecule has 1 heterocycles. The summed E-state index contributed by atoms with van der Waals surface area (Å²) in [7, 11) is 5.34. The summed E-state index contributed by atoms with van der Waals surface area (Å²) in [6.07, 6.45) is -0.581. The van der Waals surface area contributed by atoms with Gasteiger partial charge < -0.3 is 60.3 Å². The number of nitrogens with one attached hydrogen (secondary N) is 4. The van der Waals surface area contributed by atoms with Crippen molar-refractivity contribution >= 4 is 81.1 Å². The van der Waals surface area contributed by atoms with Crippen LogP contribution in [-0.2, 0) is 76.6 Å². The number of likely N-dealkylation sites (N-methyl/N-ethyl adjacent to an activating group) is 7. The molecule has 1 aliphatic rings. The van der Waals surface area contributed by atoms with Gasteiger partial charge in [-0.1, -0.05) is 96.9 Å². The van der Waals surface area contributed by atoms with Crippen LogP contribution in [0.2, 0.25) is 0 Å². The number of carbonyl (C=O) groups is 12. The molecular weight excluding hydrogens is 1190 g/mol. The second-order valence-electron chi connectivity index (χ2n) is 26.9. The van der Waals surface area contributed by atoms with Gasteiger partial charge in [0.25, 0.3) is 10.1 Å². The molecule has 12 atom stereocenters. The zero-order valence-corrected chi connectivity index (χ0v) is 59.2. The minimum atomic E-state index is -4.13. The molecule has 0 aromatic carbocycles.